The first kappa shape index (κ1) is 23.7. The van der Waals surface area contributed by atoms with E-state index in [4.69, 9.17) is 0 Å². The van der Waals surface area contributed by atoms with Crippen molar-refractivity contribution in [2.45, 2.75) is 64.5 Å². The van der Waals surface area contributed by atoms with Crippen LogP contribution in [0.2, 0.25) is 0 Å². The number of carboxylic acid groups (broad SMARTS) is 1. The number of tetrazole rings is 1. The van der Waals surface area contributed by atoms with Crippen molar-refractivity contribution in [1.82, 2.24) is 30.0 Å². The van der Waals surface area contributed by atoms with Crippen LogP contribution in [-0.4, -0.2) is 41.1 Å². The highest BCUT2D eigenvalue weighted by Crippen LogP contribution is 2.32. The van der Waals surface area contributed by atoms with E-state index in [0.717, 1.165) is 40.8 Å². The number of H-pyrrole nitrogens is 1. The molecule has 36 heavy (non-hydrogen) atoms. The molecule has 2 N–H and O–H groups in total. The Morgan fingerprint density at radius 1 is 1.08 bits per heavy atom. The van der Waals surface area contributed by atoms with Crippen molar-refractivity contribution in [1.29, 1.82) is 0 Å². The zero-order valence-corrected chi connectivity index (χ0v) is 20.5. The molecule has 2 aromatic carbocycles. The lowest BCUT2D eigenvalue weighted by molar-refractivity contribution is -0.142. The summed E-state index contributed by atoms with van der Waals surface area (Å²) < 4.78 is 3.48. The summed E-state index contributed by atoms with van der Waals surface area (Å²) in [7, 11) is 0. The van der Waals surface area contributed by atoms with Gasteiger partial charge in [-0.05, 0) is 59.7 Å². The van der Waals surface area contributed by atoms with Crippen LogP contribution in [0.3, 0.4) is 0 Å². The van der Waals surface area contributed by atoms with Crippen LogP contribution in [-0.2, 0) is 17.6 Å². The normalized spacial score (nSPS) is 17.2. The standard InChI is InChI=1S/C27H30N6O3/c1-3-4-9-23-22(26(34)32-17(2)10-15-24(27(35)36)33(23)32)16-18-11-13-19(14-12-18)20-7-5-6-8-21(20)25-28-30-31-29-25/h5-8,11-14,17,24H,3-4,9-10,15-16H2,1-2H3,(H,35,36)(H,28,29,30,31). The third-order valence-corrected chi connectivity index (χ3v) is 7.12. The van der Waals surface area contributed by atoms with Crippen molar-refractivity contribution < 1.29 is 9.90 Å². The molecule has 1 aliphatic heterocycles. The van der Waals surface area contributed by atoms with E-state index in [1.807, 2.05) is 55.5 Å². The van der Waals surface area contributed by atoms with Crippen molar-refractivity contribution >= 4 is 5.97 Å². The van der Waals surface area contributed by atoms with E-state index in [-0.39, 0.29) is 11.6 Å². The van der Waals surface area contributed by atoms with Crippen molar-refractivity contribution in [2.24, 2.45) is 0 Å². The first-order valence-electron chi connectivity index (χ1n) is 12.5. The summed E-state index contributed by atoms with van der Waals surface area (Å²) in [5.74, 6) is -0.273. The number of aromatic amines is 1. The molecule has 3 heterocycles. The Kier molecular flexibility index (Phi) is 6.54. The molecule has 0 fully saturated rings. The highest BCUT2D eigenvalue weighted by atomic mass is 16.4. The molecule has 0 radical (unpaired) electrons. The van der Waals surface area contributed by atoms with E-state index < -0.39 is 12.0 Å². The highest BCUT2D eigenvalue weighted by molar-refractivity contribution is 5.80. The van der Waals surface area contributed by atoms with Gasteiger partial charge in [-0.15, -0.1) is 5.10 Å². The fraction of sp³-hybridized carbons (Fsp3) is 0.370. The number of nitrogens with zero attached hydrogens (tertiary/aromatic N) is 5. The maximum absolute atomic E-state index is 13.6. The molecule has 2 atom stereocenters. The monoisotopic (exact) mass is 486 g/mol. The third-order valence-electron chi connectivity index (χ3n) is 7.12. The first-order valence-corrected chi connectivity index (χ1v) is 12.5. The molecule has 2 unspecified atom stereocenters. The lowest BCUT2D eigenvalue weighted by Gasteiger charge is -2.30. The lowest BCUT2D eigenvalue weighted by Crippen LogP contribution is -2.37. The van der Waals surface area contributed by atoms with Crippen LogP contribution in [0.15, 0.2) is 53.3 Å². The van der Waals surface area contributed by atoms with Crippen LogP contribution in [0.25, 0.3) is 22.5 Å². The number of hydrogen-bond acceptors (Lipinski definition) is 5. The van der Waals surface area contributed by atoms with E-state index in [0.29, 0.717) is 37.1 Å². The number of aromatic nitrogens is 6. The second kappa shape index (κ2) is 9.93. The van der Waals surface area contributed by atoms with Crippen molar-refractivity contribution in [2.75, 3.05) is 0 Å². The maximum atomic E-state index is 13.6. The molecule has 0 saturated heterocycles. The van der Waals surface area contributed by atoms with E-state index in [1.54, 1.807) is 9.36 Å². The van der Waals surface area contributed by atoms with Crippen LogP contribution in [0, 0.1) is 0 Å². The van der Waals surface area contributed by atoms with Crippen molar-refractivity contribution in [3.63, 3.8) is 0 Å². The Labute approximate surface area is 208 Å². The molecular formula is C27H30N6O3. The van der Waals surface area contributed by atoms with Gasteiger partial charge in [0, 0.05) is 23.2 Å². The molecule has 0 spiro atoms. The van der Waals surface area contributed by atoms with Gasteiger partial charge in [-0.3, -0.25) is 9.48 Å². The number of hydrogen-bond donors (Lipinski definition) is 2. The average Bonchev–Trinajstić information content (AvgIpc) is 3.51. The summed E-state index contributed by atoms with van der Waals surface area (Å²) in [6.07, 6.45) is 4.27. The highest BCUT2D eigenvalue weighted by Gasteiger charge is 2.34. The lowest BCUT2D eigenvalue weighted by atomic mass is 9.96. The summed E-state index contributed by atoms with van der Waals surface area (Å²) >= 11 is 0. The number of unbranched alkanes of at least 4 members (excludes halogenated alkanes) is 1. The Bertz CT molecular complexity index is 1420. The smallest absolute Gasteiger partial charge is 0.328 e. The number of aliphatic carboxylic acids is 1. The molecule has 2 aromatic heterocycles. The summed E-state index contributed by atoms with van der Waals surface area (Å²) in [6.45, 7) is 4.10. The second-order valence-electron chi connectivity index (χ2n) is 9.47. The van der Waals surface area contributed by atoms with Crippen LogP contribution >= 0.6 is 0 Å². The fourth-order valence-corrected chi connectivity index (χ4v) is 5.26. The summed E-state index contributed by atoms with van der Waals surface area (Å²) in [6, 6.07) is 15.4. The fourth-order valence-electron chi connectivity index (χ4n) is 5.26. The number of fused-ring (bicyclic) bond motifs is 1. The zero-order chi connectivity index (χ0) is 25.2. The largest absolute Gasteiger partial charge is 0.480 e. The molecule has 0 aliphatic carbocycles. The Morgan fingerprint density at radius 2 is 1.83 bits per heavy atom. The van der Waals surface area contributed by atoms with Crippen LogP contribution in [0.1, 0.15) is 68.4 Å². The molecule has 9 heteroatoms. The Morgan fingerprint density at radius 3 is 2.50 bits per heavy atom. The number of benzene rings is 2. The predicted octanol–water partition coefficient (Wildman–Crippen LogP) is 4.41. The quantitative estimate of drug-likeness (QED) is 0.381. The molecule has 0 saturated carbocycles. The van der Waals surface area contributed by atoms with E-state index in [9.17, 15) is 14.7 Å². The van der Waals surface area contributed by atoms with E-state index in [1.165, 1.54) is 0 Å². The number of carbonyl (C=O) groups is 1. The molecule has 5 rings (SSSR count). The third kappa shape index (κ3) is 4.25. The Balaban J connectivity index is 1.51. The van der Waals surface area contributed by atoms with Crippen molar-refractivity contribution in [3.05, 3.63) is 75.7 Å². The van der Waals surface area contributed by atoms with Gasteiger partial charge in [0.15, 0.2) is 5.82 Å². The van der Waals surface area contributed by atoms with Gasteiger partial charge in [0.05, 0.1) is 6.04 Å². The molecule has 186 valence electrons. The van der Waals surface area contributed by atoms with Gasteiger partial charge < -0.3 is 5.11 Å². The predicted molar refractivity (Wildman–Crippen MR) is 136 cm³/mol. The molecular weight excluding hydrogens is 456 g/mol. The maximum Gasteiger partial charge on any atom is 0.328 e. The number of carboxylic acids is 1. The van der Waals surface area contributed by atoms with Crippen LogP contribution in [0.5, 0.6) is 0 Å². The Hall–Kier alpha value is -4.01. The SMILES string of the molecule is CCCCc1c(Cc2ccc(-c3ccccc3-c3nnn[nH]3)cc2)c(=O)n2n1C(C(=O)O)CCC2C. The first-order chi connectivity index (χ1) is 17.5. The van der Waals surface area contributed by atoms with Gasteiger partial charge in [-0.2, -0.15) is 0 Å². The average molecular weight is 487 g/mol. The minimum absolute atomic E-state index is 0.0216. The van der Waals surface area contributed by atoms with Gasteiger partial charge in [0.25, 0.3) is 5.56 Å². The minimum atomic E-state index is -0.875. The summed E-state index contributed by atoms with van der Waals surface area (Å²) in [5, 5.41) is 24.1. The number of rotatable bonds is 8. The van der Waals surface area contributed by atoms with Crippen LogP contribution < -0.4 is 5.56 Å². The van der Waals surface area contributed by atoms with Gasteiger partial charge in [-0.1, -0.05) is 61.9 Å². The van der Waals surface area contributed by atoms with E-state index >= 15 is 0 Å². The molecule has 9 nitrogen and oxygen atoms in total. The zero-order valence-electron chi connectivity index (χ0n) is 20.5. The van der Waals surface area contributed by atoms with Gasteiger partial charge in [0.1, 0.15) is 6.04 Å². The summed E-state index contributed by atoms with van der Waals surface area (Å²) in [4.78, 5) is 25.6. The minimum Gasteiger partial charge on any atom is -0.480 e. The van der Waals surface area contributed by atoms with Gasteiger partial charge >= 0.3 is 5.97 Å². The summed E-state index contributed by atoms with van der Waals surface area (Å²) in [5.41, 5.74) is 5.46. The van der Waals surface area contributed by atoms with Crippen molar-refractivity contribution in [3.8, 4) is 22.5 Å². The van der Waals surface area contributed by atoms with Gasteiger partial charge in [-0.25, -0.2) is 14.6 Å². The van der Waals surface area contributed by atoms with E-state index in [2.05, 4.69) is 27.5 Å². The van der Waals surface area contributed by atoms with Gasteiger partial charge in [0.2, 0.25) is 0 Å². The number of nitrogens with one attached hydrogen (secondary N) is 1. The second-order valence-corrected chi connectivity index (χ2v) is 9.47. The molecule has 0 amide bonds. The molecule has 0 bridgehead atoms. The molecule has 1 aliphatic rings. The topological polar surface area (TPSA) is 119 Å². The molecule has 4 aromatic rings. The van der Waals surface area contributed by atoms with Crippen LogP contribution in [0.4, 0.5) is 0 Å².